The van der Waals surface area contributed by atoms with Crippen LogP contribution in [0.5, 0.6) is 0 Å². The summed E-state index contributed by atoms with van der Waals surface area (Å²) in [6.07, 6.45) is 0. The average Bonchev–Trinajstić information content (AvgIpc) is 2.83. The van der Waals surface area contributed by atoms with E-state index in [1.165, 1.54) is 22.2 Å². The van der Waals surface area contributed by atoms with Crippen LogP contribution >= 0.6 is 0 Å². The van der Waals surface area contributed by atoms with Crippen LogP contribution in [0.3, 0.4) is 0 Å². The van der Waals surface area contributed by atoms with E-state index >= 15 is 0 Å². The summed E-state index contributed by atoms with van der Waals surface area (Å²) in [6.45, 7) is 1.97. The van der Waals surface area contributed by atoms with Crippen molar-refractivity contribution in [2.24, 2.45) is 0 Å². The molecule has 108 valence electrons. The van der Waals surface area contributed by atoms with Gasteiger partial charge in [0.1, 0.15) is 0 Å². The number of fused-ring (bicyclic) bond motifs is 1. The fourth-order valence-electron chi connectivity index (χ4n) is 2.68. The number of hydrogen-bond donors (Lipinski definition) is 1. The summed E-state index contributed by atoms with van der Waals surface area (Å²) in [6, 6.07) is 18.9. The Labute approximate surface area is 125 Å². The first kappa shape index (κ1) is 13.7. The fraction of sp³-hybridized carbons (Fsp3) is 0.222. The highest BCUT2D eigenvalue weighted by molar-refractivity contribution is 5.89. The average molecular weight is 279 g/mol. The summed E-state index contributed by atoms with van der Waals surface area (Å²) in [4.78, 5) is 2.21. The molecule has 0 atom stereocenters. The van der Waals surface area contributed by atoms with Crippen LogP contribution in [0.15, 0.2) is 54.6 Å². The van der Waals surface area contributed by atoms with E-state index < -0.39 is 0 Å². The van der Waals surface area contributed by atoms with Crippen molar-refractivity contribution in [1.82, 2.24) is 9.47 Å². The Morgan fingerprint density at radius 1 is 1.00 bits per heavy atom. The second kappa shape index (κ2) is 5.62. The summed E-state index contributed by atoms with van der Waals surface area (Å²) in [5, 5.41) is 1.20. The van der Waals surface area contributed by atoms with Gasteiger partial charge in [0.2, 0.25) is 0 Å². The smallest absolute Gasteiger partial charge is 0.0491 e. The topological polar surface area (TPSA) is 34.2 Å². The van der Waals surface area contributed by atoms with Gasteiger partial charge >= 0.3 is 0 Å². The van der Waals surface area contributed by atoms with Gasteiger partial charge in [-0.3, -0.25) is 0 Å². The summed E-state index contributed by atoms with van der Waals surface area (Å²) >= 11 is 0. The molecule has 21 heavy (non-hydrogen) atoms. The largest absolute Gasteiger partial charge is 0.399 e. The van der Waals surface area contributed by atoms with Gasteiger partial charge in [-0.15, -0.1) is 0 Å². The van der Waals surface area contributed by atoms with Gasteiger partial charge in [0.25, 0.3) is 0 Å². The molecule has 0 radical (unpaired) electrons. The summed E-state index contributed by atoms with van der Waals surface area (Å²) in [7, 11) is 4.21. The van der Waals surface area contributed by atoms with Crippen molar-refractivity contribution >= 4 is 16.6 Å². The van der Waals surface area contributed by atoms with Gasteiger partial charge in [-0.2, -0.15) is 0 Å². The lowest BCUT2D eigenvalue weighted by Gasteiger charge is -2.14. The number of rotatable bonds is 4. The lowest BCUT2D eigenvalue weighted by molar-refractivity contribution is 0.388. The van der Waals surface area contributed by atoms with Crippen LogP contribution in [0, 0.1) is 0 Å². The molecule has 0 aliphatic heterocycles. The van der Waals surface area contributed by atoms with Crippen LogP contribution in [0.2, 0.25) is 0 Å². The summed E-state index contributed by atoms with van der Waals surface area (Å²) < 4.78 is 2.38. The van der Waals surface area contributed by atoms with Gasteiger partial charge in [0.15, 0.2) is 0 Å². The van der Waals surface area contributed by atoms with Crippen molar-refractivity contribution in [3.8, 4) is 11.3 Å². The van der Waals surface area contributed by atoms with Crippen molar-refractivity contribution in [3.63, 3.8) is 0 Å². The second-order valence-corrected chi connectivity index (χ2v) is 5.67. The van der Waals surface area contributed by atoms with Crippen molar-refractivity contribution < 1.29 is 0 Å². The first-order valence-electron chi connectivity index (χ1n) is 7.24. The molecule has 3 aromatic rings. The van der Waals surface area contributed by atoms with Crippen LogP contribution in [0.4, 0.5) is 5.69 Å². The van der Waals surface area contributed by atoms with E-state index in [1.807, 2.05) is 18.2 Å². The monoisotopic (exact) mass is 279 g/mol. The molecular formula is C18H21N3. The molecule has 0 aliphatic rings. The van der Waals surface area contributed by atoms with E-state index in [4.69, 9.17) is 5.73 Å². The SMILES string of the molecule is CN(C)CCn1c(-c2ccccc2)cc2cc(N)ccc21. The zero-order valence-electron chi connectivity index (χ0n) is 12.6. The van der Waals surface area contributed by atoms with Crippen LogP contribution < -0.4 is 5.73 Å². The number of hydrogen-bond acceptors (Lipinski definition) is 2. The van der Waals surface area contributed by atoms with Crippen LogP contribution in [0.1, 0.15) is 0 Å². The first-order chi connectivity index (χ1) is 10.1. The van der Waals surface area contributed by atoms with Crippen LogP contribution in [0.25, 0.3) is 22.2 Å². The number of anilines is 1. The highest BCUT2D eigenvalue weighted by atomic mass is 15.1. The molecule has 0 aliphatic carbocycles. The molecule has 1 heterocycles. The molecule has 0 saturated heterocycles. The molecule has 0 unspecified atom stereocenters. The molecule has 3 rings (SSSR count). The van der Waals surface area contributed by atoms with E-state index in [2.05, 4.69) is 60.0 Å². The molecule has 0 fully saturated rings. The number of nitrogens with two attached hydrogens (primary N) is 1. The third-order valence-corrected chi connectivity index (χ3v) is 3.77. The Morgan fingerprint density at radius 2 is 1.76 bits per heavy atom. The minimum absolute atomic E-state index is 0.812. The quantitative estimate of drug-likeness (QED) is 0.742. The van der Waals surface area contributed by atoms with Gasteiger partial charge in [-0.1, -0.05) is 30.3 Å². The van der Waals surface area contributed by atoms with Gasteiger partial charge < -0.3 is 15.2 Å². The van der Waals surface area contributed by atoms with Gasteiger partial charge in [0, 0.05) is 35.4 Å². The fourth-order valence-corrected chi connectivity index (χ4v) is 2.68. The third kappa shape index (κ3) is 2.78. The normalized spacial score (nSPS) is 11.4. The molecular weight excluding hydrogens is 258 g/mol. The minimum Gasteiger partial charge on any atom is -0.399 e. The highest BCUT2D eigenvalue weighted by Crippen LogP contribution is 2.29. The molecule has 2 aromatic carbocycles. The highest BCUT2D eigenvalue weighted by Gasteiger charge is 2.10. The zero-order valence-corrected chi connectivity index (χ0v) is 12.6. The predicted molar refractivity (Wildman–Crippen MR) is 90.3 cm³/mol. The summed E-state index contributed by atoms with van der Waals surface area (Å²) in [5.74, 6) is 0. The number of nitrogens with zero attached hydrogens (tertiary/aromatic N) is 2. The Morgan fingerprint density at radius 3 is 2.48 bits per heavy atom. The number of likely N-dealkylation sites (N-methyl/N-ethyl adjacent to an activating group) is 1. The zero-order chi connectivity index (χ0) is 14.8. The predicted octanol–water partition coefficient (Wildman–Crippen LogP) is 3.45. The molecule has 2 N–H and O–H groups in total. The van der Waals surface area contributed by atoms with E-state index in [9.17, 15) is 0 Å². The van der Waals surface area contributed by atoms with E-state index in [0.29, 0.717) is 0 Å². The van der Waals surface area contributed by atoms with Gasteiger partial charge in [-0.05, 0) is 43.9 Å². The van der Waals surface area contributed by atoms with E-state index in [0.717, 1.165) is 18.8 Å². The van der Waals surface area contributed by atoms with Gasteiger partial charge in [0.05, 0.1) is 0 Å². The molecule has 3 heteroatoms. The Kier molecular flexibility index (Phi) is 3.67. The standard InChI is InChI=1S/C18H21N3/c1-20(2)10-11-21-17-9-8-16(19)12-15(17)13-18(21)14-6-4-3-5-7-14/h3-9,12-13H,10-11,19H2,1-2H3. The number of benzene rings is 2. The molecule has 0 spiro atoms. The van der Waals surface area contributed by atoms with Crippen molar-refractivity contribution in [2.45, 2.75) is 6.54 Å². The molecule has 1 aromatic heterocycles. The van der Waals surface area contributed by atoms with Crippen molar-refractivity contribution in [1.29, 1.82) is 0 Å². The maximum absolute atomic E-state index is 5.93. The molecule has 0 bridgehead atoms. The van der Waals surface area contributed by atoms with Crippen LogP contribution in [-0.2, 0) is 6.54 Å². The number of aromatic nitrogens is 1. The maximum Gasteiger partial charge on any atom is 0.0491 e. The lowest BCUT2D eigenvalue weighted by Crippen LogP contribution is -2.18. The minimum atomic E-state index is 0.812. The van der Waals surface area contributed by atoms with E-state index in [-0.39, 0.29) is 0 Å². The summed E-state index contributed by atoms with van der Waals surface area (Å²) in [5.41, 5.74) is 10.5. The van der Waals surface area contributed by atoms with Crippen molar-refractivity contribution in [3.05, 3.63) is 54.6 Å². The molecule has 0 saturated carbocycles. The van der Waals surface area contributed by atoms with Gasteiger partial charge in [-0.25, -0.2) is 0 Å². The first-order valence-corrected chi connectivity index (χ1v) is 7.24. The van der Waals surface area contributed by atoms with E-state index in [1.54, 1.807) is 0 Å². The lowest BCUT2D eigenvalue weighted by atomic mass is 10.1. The third-order valence-electron chi connectivity index (χ3n) is 3.77. The maximum atomic E-state index is 5.93. The molecule has 0 amide bonds. The second-order valence-electron chi connectivity index (χ2n) is 5.67. The van der Waals surface area contributed by atoms with Crippen molar-refractivity contribution in [2.75, 3.05) is 26.4 Å². The Balaban J connectivity index is 2.15. The van der Waals surface area contributed by atoms with Crippen LogP contribution in [-0.4, -0.2) is 30.1 Å². The Bertz CT molecular complexity index is 742. The Hall–Kier alpha value is -2.26. The number of nitrogen functional groups attached to an aromatic ring is 1. The molecule has 3 nitrogen and oxygen atoms in total.